The number of rotatable bonds is 8. The summed E-state index contributed by atoms with van der Waals surface area (Å²) in [5.74, 6) is -0.187. The van der Waals surface area contributed by atoms with E-state index < -0.39 is 9.84 Å². The topological polar surface area (TPSA) is 63.7 Å². The van der Waals surface area contributed by atoms with Crippen molar-refractivity contribution in [3.8, 4) is 5.75 Å². The van der Waals surface area contributed by atoms with E-state index in [9.17, 15) is 17.6 Å². The average Bonchev–Trinajstić information content (AvgIpc) is 2.59. The molecule has 0 bridgehead atoms. The van der Waals surface area contributed by atoms with Crippen molar-refractivity contribution in [1.29, 1.82) is 0 Å². The van der Waals surface area contributed by atoms with E-state index in [2.05, 4.69) is 0 Å². The lowest BCUT2D eigenvalue weighted by Crippen LogP contribution is -2.31. The molecule has 0 aliphatic carbocycles. The summed E-state index contributed by atoms with van der Waals surface area (Å²) in [7, 11) is -1.67. The molecule has 0 saturated heterocycles. The molecule has 1 amide bonds. The van der Waals surface area contributed by atoms with Crippen LogP contribution in [0.5, 0.6) is 5.75 Å². The fourth-order valence-corrected chi connectivity index (χ4v) is 3.02. The molecule has 0 unspecified atom stereocenters. The molecule has 0 atom stereocenters. The van der Waals surface area contributed by atoms with Crippen molar-refractivity contribution in [1.82, 2.24) is 4.90 Å². The molecule has 2 aromatic rings. The van der Waals surface area contributed by atoms with Crippen LogP contribution in [0.1, 0.15) is 17.5 Å². The number of methoxy groups -OCH3 is 1. The summed E-state index contributed by atoms with van der Waals surface area (Å²) in [5.41, 5.74) is 1.51. The van der Waals surface area contributed by atoms with Crippen molar-refractivity contribution in [3.05, 3.63) is 65.5 Å². The molecule has 140 valence electrons. The highest BCUT2D eigenvalue weighted by molar-refractivity contribution is 7.90. The maximum Gasteiger partial charge on any atom is 0.224 e. The smallest absolute Gasteiger partial charge is 0.224 e. The van der Waals surface area contributed by atoms with Crippen LogP contribution in [-0.2, 0) is 27.7 Å². The molecule has 2 rings (SSSR count). The van der Waals surface area contributed by atoms with Crippen molar-refractivity contribution in [2.45, 2.75) is 19.5 Å². The van der Waals surface area contributed by atoms with Crippen LogP contribution in [0.15, 0.2) is 48.5 Å². The minimum atomic E-state index is -3.24. The normalized spacial score (nSPS) is 11.2. The van der Waals surface area contributed by atoms with E-state index >= 15 is 0 Å². The molecular weight excluding hydrogens is 357 g/mol. The number of halogens is 1. The van der Waals surface area contributed by atoms with Gasteiger partial charge in [-0.3, -0.25) is 4.79 Å². The van der Waals surface area contributed by atoms with Crippen LogP contribution in [0.2, 0.25) is 0 Å². The predicted molar refractivity (Wildman–Crippen MR) is 98.0 cm³/mol. The number of nitrogens with zero attached hydrogens (tertiary/aromatic N) is 1. The lowest BCUT2D eigenvalue weighted by Gasteiger charge is -2.23. The third-order valence-corrected chi connectivity index (χ3v) is 4.78. The Balaban J connectivity index is 2.17. The quantitative estimate of drug-likeness (QED) is 0.708. The SMILES string of the molecule is COc1ccc(CN(Cc2cccc(F)c2)C(=O)CCS(C)(=O)=O)cc1. The first-order valence-electron chi connectivity index (χ1n) is 8.10. The standard InChI is InChI=1S/C19H22FNO4S/c1-25-18-8-6-15(7-9-18)13-21(19(22)10-11-26(2,23)24)14-16-4-3-5-17(20)12-16/h3-9,12H,10-11,13-14H2,1-2H3. The summed E-state index contributed by atoms with van der Waals surface area (Å²) in [6.07, 6.45) is 0.991. The van der Waals surface area contributed by atoms with E-state index in [0.29, 0.717) is 17.9 Å². The summed E-state index contributed by atoms with van der Waals surface area (Å²) >= 11 is 0. The zero-order valence-electron chi connectivity index (χ0n) is 14.8. The predicted octanol–water partition coefficient (Wildman–Crippen LogP) is 2.80. The molecule has 0 saturated carbocycles. The second-order valence-corrected chi connectivity index (χ2v) is 8.37. The van der Waals surface area contributed by atoms with Gasteiger partial charge in [0.1, 0.15) is 21.4 Å². The molecule has 0 radical (unpaired) electrons. The van der Waals surface area contributed by atoms with Crippen molar-refractivity contribution in [2.24, 2.45) is 0 Å². The Bertz CT molecular complexity index is 850. The second kappa shape index (κ2) is 8.80. The van der Waals surface area contributed by atoms with Crippen LogP contribution in [0.3, 0.4) is 0 Å². The van der Waals surface area contributed by atoms with E-state index in [0.717, 1.165) is 11.8 Å². The molecule has 26 heavy (non-hydrogen) atoms. The van der Waals surface area contributed by atoms with E-state index in [-0.39, 0.29) is 30.4 Å². The Morgan fingerprint density at radius 2 is 1.73 bits per heavy atom. The molecule has 0 fully saturated rings. The highest BCUT2D eigenvalue weighted by Crippen LogP contribution is 2.16. The molecule has 0 aromatic heterocycles. The Hall–Kier alpha value is -2.41. The first-order chi connectivity index (χ1) is 12.3. The fourth-order valence-electron chi connectivity index (χ4n) is 2.47. The van der Waals surface area contributed by atoms with E-state index in [1.165, 1.54) is 17.0 Å². The highest BCUT2D eigenvalue weighted by Gasteiger charge is 2.17. The average molecular weight is 379 g/mol. The Kier molecular flexibility index (Phi) is 6.74. The molecule has 0 aliphatic rings. The molecular formula is C19H22FNO4S. The zero-order valence-corrected chi connectivity index (χ0v) is 15.6. The Morgan fingerprint density at radius 3 is 2.31 bits per heavy atom. The first kappa shape index (κ1) is 19.9. The molecule has 7 heteroatoms. The van der Waals surface area contributed by atoms with Crippen LogP contribution in [0, 0.1) is 5.82 Å². The lowest BCUT2D eigenvalue weighted by molar-refractivity contribution is -0.132. The van der Waals surface area contributed by atoms with Gasteiger partial charge in [0.15, 0.2) is 0 Å². The minimum Gasteiger partial charge on any atom is -0.497 e. The lowest BCUT2D eigenvalue weighted by atomic mass is 10.1. The highest BCUT2D eigenvalue weighted by atomic mass is 32.2. The van der Waals surface area contributed by atoms with Gasteiger partial charge in [0, 0.05) is 25.8 Å². The van der Waals surface area contributed by atoms with Gasteiger partial charge in [-0.1, -0.05) is 24.3 Å². The number of benzene rings is 2. The summed E-state index contributed by atoms with van der Waals surface area (Å²) in [6.45, 7) is 0.496. The number of carbonyl (C=O) groups excluding carboxylic acids is 1. The van der Waals surface area contributed by atoms with Gasteiger partial charge in [-0.15, -0.1) is 0 Å². The third-order valence-electron chi connectivity index (χ3n) is 3.83. The first-order valence-corrected chi connectivity index (χ1v) is 10.2. The number of ether oxygens (including phenoxy) is 1. The number of hydrogen-bond acceptors (Lipinski definition) is 4. The van der Waals surface area contributed by atoms with Gasteiger partial charge in [0.25, 0.3) is 0 Å². The number of sulfone groups is 1. The molecule has 5 nitrogen and oxygen atoms in total. The van der Waals surface area contributed by atoms with Crippen molar-refractivity contribution in [3.63, 3.8) is 0 Å². The molecule has 0 N–H and O–H groups in total. The van der Waals surface area contributed by atoms with Crippen LogP contribution in [-0.4, -0.2) is 38.3 Å². The molecule has 0 aliphatic heterocycles. The van der Waals surface area contributed by atoms with Crippen LogP contribution in [0.25, 0.3) is 0 Å². The minimum absolute atomic E-state index is 0.107. The molecule has 0 spiro atoms. The maximum atomic E-state index is 13.4. The van der Waals surface area contributed by atoms with E-state index in [1.54, 1.807) is 31.4 Å². The summed E-state index contributed by atoms with van der Waals surface area (Å²) in [5, 5.41) is 0. The van der Waals surface area contributed by atoms with Gasteiger partial charge in [-0.05, 0) is 35.4 Å². The molecule has 2 aromatic carbocycles. The fraction of sp³-hybridized carbons (Fsp3) is 0.316. The van der Waals surface area contributed by atoms with Gasteiger partial charge in [-0.2, -0.15) is 0 Å². The van der Waals surface area contributed by atoms with Crippen LogP contribution < -0.4 is 4.74 Å². The van der Waals surface area contributed by atoms with Gasteiger partial charge in [-0.25, -0.2) is 12.8 Å². The van der Waals surface area contributed by atoms with E-state index in [4.69, 9.17) is 4.74 Å². The number of hydrogen-bond donors (Lipinski definition) is 0. The van der Waals surface area contributed by atoms with Crippen LogP contribution in [0.4, 0.5) is 4.39 Å². The maximum absolute atomic E-state index is 13.4. The van der Waals surface area contributed by atoms with Gasteiger partial charge in [0.2, 0.25) is 5.91 Å². The van der Waals surface area contributed by atoms with Gasteiger partial charge in [0.05, 0.1) is 12.9 Å². The number of carbonyl (C=O) groups is 1. The monoisotopic (exact) mass is 379 g/mol. The van der Waals surface area contributed by atoms with Crippen molar-refractivity contribution in [2.75, 3.05) is 19.1 Å². The number of amides is 1. The summed E-state index contributed by atoms with van der Waals surface area (Å²) < 4.78 is 41.3. The van der Waals surface area contributed by atoms with Crippen LogP contribution >= 0.6 is 0 Å². The Labute approximate surface area is 153 Å². The largest absolute Gasteiger partial charge is 0.497 e. The Morgan fingerprint density at radius 1 is 1.08 bits per heavy atom. The van der Waals surface area contributed by atoms with Gasteiger partial charge < -0.3 is 9.64 Å². The third kappa shape index (κ3) is 6.48. The summed E-state index contributed by atoms with van der Waals surface area (Å²) in [4.78, 5) is 14.1. The van der Waals surface area contributed by atoms with Crippen molar-refractivity contribution < 1.29 is 22.3 Å². The zero-order chi connectivity index (χ0) is 19.2. The van der Waals surface area contributed by atoms with Gasteiger partial charge >= 0.3 is 0 Å². The second-order valence-electron chi connectivity index (χ2n) is 6.11. The molecule has 0 heterocycles. The van der Waals surface area contributed by atoms with Crippen molar-refractivity contribution >= 4 is 15.7 Å². The summed E-state index contributed by atoms with van der Waals surface area (Å²) in [6, 6.07) is 13.3. The van der Waals surface area contributed by atoms with E-state index in [1.807, 2.05) is 12.1 Å².